The van der Waals surface area contributed by atoms with Gasteiger partial charge in [-0.3, -0.25) is 0 Å². The van der Waals surface area contributed by atoms with Crippen LogP contribution in [0.15, 0.2) is 34.7 Å². The van der Waals surface area contributed by atoms with E-state index in [4.69, 9.17) is 5.73 Å². The molecule has 0 saturated heterocycles. The fourth-order valence-corrected chi connectivity index (χ4v) is 1.49. The minimum Gasteiger partial charge on any atom is -0.370 e. The molecule has 84 valence electrons. The molecule has 0 radical (unpaired) electrons. The van der Waals surface area contributed by atoms with Crippen LogP contribution >= 0.6 is 35.3 Å². The Kier molecular flexibility index (Phi) is 7.41. The van der Waals surface area contributed by atoms with E-state index >= 15 is 0 Å². The van der Waals surface area contributed by atoms with Gasteiger partial charge in [-0.2, -0.15) is 0 Å². The number of aliphatic imine (C=N–C) groups is 1. The van der Waals surface area contributed by atoms with Crippen LogP contribution < -0.4 is 11.1 Å². The fraction of sp³-hybridized carbons (Fsp3) is 0.300. The molecule has 0 aliphatic rings. The summed E-state index contributed by atoms with van der Waals surface area (Å²) in [6, 6.07) is 4.05. The van der Waals surface area contributed by atoms with Crippen molar-refractivity contribution in [3.05, 3.63) is 34.5 Å². The van der Waals surface area contributed by atoms with Gasteiger partial charge < -0.3 is 11.1 Å². The first kappa shape index (κ1) is 14.4. The molecule has 1 aromatic heterocycles. The summed E-state index contributed by atoms with van der Waals surface area (Å²) < 4.78 is 0. The Balaban J connectivity index is 0.00000196. The largest absolute Gasteiger partial charge is 0.370 e. The lowest BCUT2D eigenvalue weighted by Crippen LogP contribution is -2.32. The Hall–Kier alpha value is -0.560. The molecule has 0 amide bonds. The lowest BCUT2D eigenvalue weighted by molar-refractivity contribution is 0.945. The SMILES string of the molecule is C=C(C)CNC(N)=NCc1cccs1.I. The number of nitrogens with one attached hydrogen (secondary N) is 1. The molecule has 5 heteroatoms. The summed E-state index contributed by atoms with van der Waals surface area (Å²) in [4.78, 5) is 5.40. The van der Waals surface area contributed by atoms with E-state index in [1.807, 2.05) is 24.4 Å². The van der Waals surface area contributed by atoms with Gasteiger partial charge in [-0.15, -0.1) is 35.3 Å². The number of rotatable bonds is 4. The summed E-state index contributed by atoms with van der Waals surface area (Å²) in [7, 11) is 0. The molecule has 1 rings (SSSR count). The molecule has 1 aromatic rings. The van der Waals surface area contributed by atoms with Gasteiger partial charge in [0.15, 0.2) is 5.96 Å². The van der Waals surface area contributed by atoms with Gasteiger partial charge in [0.25, 0.3) is 0 Å². The molecule has 0 aromatic carbocycles. The van der Waals surface area contributed by atoms with Crippen molar-refractivity contribution in [3.63, 3.8) is 0 Å². The minimum absolute atomic E-state index is 0. The fourth-order valence-electron chi connectivity index (χ4n) is 0.863. The van der Waals surface area contributed by atoms with Gasteiger partial charge in [-0.25, -0.2) is 4.99 Å². The quantitative estimate of drug-likeness (QED) is 0.384. The third-order valence-electron chi connectivity index (χ3n) is 1.56. The molecule has 0 atom stereocenters. The highest BCUT2D eigenvalue weighted by Gasteiger charge is 1.93. The molecule has 0 aliphatic carbocycles. The second-order valence-electron chi connectivity index (χ2n) is 3.09. The topological polar surface area (TPSA) is 50.4 Å². The molecular weight excluding hydrogens is 321 g/mol. The van der Waals surface area contributed by atoms with E-state index in [9.17, 15) is 0 Å². The zero-order valence-electron chi connectivity index (χ0n) is 8.69. The van der Waals surface area contributed by atoms with Gasteiger partial charge in [-0.1, -0.05) is 18.2 Å². The molecule has 0 fully saturated rings. The lowest BCUT2D eigenvalue weighted by Gasteiger charge is -2.03. The van der Waals surface area contributed by atoms with Crippen molar-refractivity contribution >= 4 is 41.3 Å². The molecule has 0 saturated carbocycles. The van der Waals surface area contributed by atoms with E-state index in [-0.39, 0.29) is 24.0 Å². The van der Waals surface area contributed by atoms with E-state index in [0.717, 1.165) is 5.57 Å². The predicted octanol–water partition coefficient (Wildman–Crippen LogP) is 2.35. The number of nitrogens with two attached hydrogens (primary N) is 1. The van der Waals surface area contributed by atoms with Crippen LogP contribution in [-0.2, 0) is 6.54 Å². The predicted molar refractivity (Wildman–Crippen MR) is 77.9 cm³/mol. The molecule has 0 spiro atoms. The van der Waals surface area contributed by atoms with E-state index in [1.54, 1.807) is 11.3 Å². The maximum absolute atomic E-state index is 5.64. The maximum atomic E-state index is 5.64. The first-order valence-corrected chi connectivity index (χ1v) is 5.27. The monoisotopic (exact) mass is 337 g/mol. The average molecular weight is 337 g/mol. The minimum atomic E-state index is 0. The van der Waals surface area contributed by atoms with Crippen molar-refractivity contribution < 1.29 is 0 Å². The van der Waals surface area contributed by atoms with Crippen LogP contribution in [-0.4, -0.2) is 12.5 Å². The lowest BCUT2D eigenvalue weighted by atomic mass is 10.3. The van der Waals surface area contributed by atoms with Gasteiger partial charge in [0.1, 0.15) is 0 Å². The van der Waals surface area contributed by atoms with Crippen molar-refractivity contribution in [1.29, 1.82) is 0 Å². The van der Waals surface area contributed by atoms with Gasteiger partial charge in [0.05, 0.1) is 6.54 Å². The number of guanidine groups is 1. The number of nitrogens with zero attached hydrogens (tertiary/aromatic N) is 1. The van der Waals surface area contributed by atoms with Crippen LogP contribution in [0.5, 0.6) is 0 Å². The zero-order valence-corrected chi connectivity index (χ0v) is 11.8. The molecule has 3 nitrogen and oxygen atoms in total. The number of halogens is 1. The highest BCUT2D eigenvalue weighted by Crippen LogP contribution is 2.08. The summed E-state index contributed by atoms with van der Waals surface area (Å²) in [5.41, 5.74) is 6.68. The Morgan fingerprint density at radius 3 is 2.93 bits per heavy atom. The van der Waals surface area contributed by atoms with Crippen LogP contribution in [0.2, 0.25) is 0 Å². The van der Waals surface area contributed by atoms with E-state index in [1.165, 1.54) is 4.88 Å². The molecule has 15 heavy (non-hydrogen) atoms. The summed E-state index contributed by atoms with van der Waals surface area (Å²) >= 11 is 1.68. The third kappa shape index (κ3) is 6.51. The van der Waals surface area contributed by atoms with Crippen LogP contribution in [0.25, 0.3) is 0 Å². The molecule has 1 heterocycles. The van der Waals surface area contributed by atoms with Crippen molar-refractivity contribution in [2.75, 3.05) is 6.54 Å². The Bertz CT molecular complexity index is 319. The van der Waals surface area contributed by atoms with Crippen molar-refractivity contribution in [2.45, 2.75) is 13.5 Å². The molecular formula is C10H16IN3S. The second kappa shape index (κ2) is 7.70. The van der Waals surface area contributed by atoms with E-state index in [0.29, 0.717) is 19.0 Å². The summed E-state index contributed by atoms with van der Waals surface area (Å²) in [5, 5.41) is 5.01. The highest BCUT2D eigenvalue weighted by molar-refractivity contribution is 14.0. The van der Waals surface area contributed by atoms with Gasteiger partial charge in [0.2, 0.25) is 0 Å². The molecule has 0 aliphatic heterocycles. The second-order valence-corrected chi connectivity index (χ2v) is 4.12. The van der Waals surface area contributed by atoms with E-state index < -0.39 is 0 Å². The Morgan fingerprint density at radius 2 is 2.40 bits per heavy atom. The van der Waals surface area contributed by atoms with Crippen LogP contribution in [0.3, 0.4) is 0 Å². The molecule has 0 bridgehead atoms. The molecule has 0 unspecified atom stereocenters. The first-order chi connectivity index (χ1) is 6.68. The summed E-state index contributed by atoms with van der Waals surface area (Å²) in [6.07, 6.45) is 0. The van der Waals surface area contributed by atoms with Gasteiger partial charge in [0, 0.05) is 11.4 Å². The number of hydrogen-bond acceptors (Lipinski definition) is 2. The Morgan fingerprint density at radius 1 is 1.67 bits per heavy atom. The zero-order chi connectivity index (χ0) is 10.4. The van der Waals surface area contributed by atoms with Crippen LogP contribution in [0.1, 0.15) is 11.8 Å². The normalized spacial score (nSPS) is 10.6. The van der Waals surface area contributed by atoms with Gasteiger partial charge in [-0.05, 0) is 18.4 Å². The van der Waals surface area contributed by atoms with Gasteiger partial charge >= 0.3 is 0 Å². The molecule has 3 N–H and O–H groups in total. The third-order valence-corrected chi connectivity index (χ3v) is 2.42. The van der Waals surface area contributed by atoms with Crippen molar-refractivity contribution in [3.8, 4) is 0 Å². The Labute approximate surface area is 112 Å². The number of thiophene rings is 1. The van der Waals surface area contributed by atoms with Crippen LogP contribution in [0.4, 0.5) is 0 Å². The van der Waals surface area contributed by atoms with Crippen molar-refractivity contribution in [1.82, 2.24) is 5.32 Å². The maximum Gasteiger partial charge on any atom is 0.189 e. The number of hydrogen-bond donors (Lipinski definition) is 2. The van der Waals surface area contributed by atoms with Crippen molar-refractivity contribution in [2.24, 2.45) is 10.7 Å². The highest BCUT2D eigenvalue weighted by atomic mass is 127. The standard InChI is InChI=1S/C10H15N3S.HI/c1-8(2)6-12-10(11)13-7-9-4-3-5-14-9;/h3-5H,1,6-7H2,2H3,(H3,11,12,13);1H. The first-order valence-electron chi connectivity index (χ1n) is 4.39. The summed E-state index contributed by atoms with van der Waals surface area (Å²) in [5.74, 6) is 0.474. The smallest absolute Gasteiger partial charge is 0.189 e. The van der Waals surface area contributed by atoms with E-state index in [2.05, 4.69) is 16.9 Å². The average Bonchev–Trinajstić information content (AvgIpc) is 2.63. The summed E-state index contributed by atoms with van der Waals surface area (Å²) in [6.45, 7) is 7.04. The van der Waals surface area contributed by atoms with Crippen LogP contribution in [0, 0.1) is 0 Å².